The van der Waals surface area contributed by atoms with Crippen LogP contribution in [0.15, 0.2) is 0 Å². The Kier molecular flexibility index (Phi) is 4.23. The Morgan fingerprint density at radius 1 is 1.12 bits per heavy atom. The lowest BCUT2D eigenvalue weighted by Crippen LogP contribution is -2.46. The van der Waals surface area contributed by atoms with E-state index in [0.717, 1.165) is 13.0 Å². The van der Waals surface area contributed by atoms with Crippen molar-refractivity contribution in [2.45, 2.75) is 51.9 Å². The van der Waals surface area contributed by atoms with Crippen molar-refractivity contribution in [1.82, 2.24) is 4.90 Å². The van der Waals surface area contributed by atoms with Crippen LogP contribution in [0.25, 0.3) is 0 Å². The maximum absolute atomic E-state index is 13.5. The molecule has 0 amide bonds. The van der Waals surface area contributed by atoms with E-state index >= 15 is 0 Å². The van der Waals surface area contributed by atoms with Crippen molar-refractivity contribution >= 4 is 0 Å². The molecule has 1 aliphatic heterocycles. The summed E-state index contributed by atoms with van der Waals surface area (Å²) in [6.45, 7) is 5.58. The first-order valence-corrected chi connectivity index (χ1v) is 7.05. The van der Waals surface area contributed by atoms with Gasteiger partial charge in [-0.25, -0.2) is 0 Å². The fraction of sp³-hybridized carbons (Fsp3) is 1.00. The molecule has 0 bridgehead atoms. The quantitative estimate of drug-likeness (QED) is 0.711. The molecule has 0 aromatic heterocycles. The van der Waals surface area contributed by atoms with Crippen LogP contribution in [-0.2, 0) is 0 Å². The summed E-state index contributed by atoms with van der Waals surface area (Å²) in [6, 6.07) is 0. The highest BCUT2D eigenvalue weighted by molar-refractivity contribution is 4.90. The number of likely N-dealkylation sites (tertiary alicyclic amines) is 1. The molecule has 2 atom stereocenters. The number of hydrogen-bond acceptors (Lipinski definition) is 1. The van der Waals surface area contributed by atoms with Gasteiger partial charge in [0.15, 0.2) is 0 Å². The monoisotopic (exact) mass is 227 g/mol. The Balaban J connectivity index is 1.96. The van der Waals surface area contributed by atoms with Crippen molar-refractivity contribution in [2.24, 2.45) is 11.3 Å². The first-order chi connectivity index (χ1) is 7.77. The van der Waals surface area contributed by atoms with Gasteiger partial charge in [0.2, 0.25) is 0 Å². The molecule has 1 nitrogen and oxygen atoms in total. The zero-order chi connectivity index (χ0) is 11.4. The van der Waals surface area contributed by atoms with Crippen LogP contribution in [0.3, 0.4) is 0 Å². The topological polar surface area (TPSA) is 3.24 Å². The standard InChI is InChI=1S/C14H26FN/c1-13-7-3-4-8-14(13,11-15)12-16-9-5-2-6-10-16/h13H,2-12H2,1H3. The van der Waals surface area contributed by atoms with Gasteiger partial charge in [-0.15, -0.1) is 0 Å². The summed E-state index contributed by atoms with van der Waals surface area (Å²) in [7, 11) is 0. The fourth-order valence-electron chi connectivity index (χ4n) is 3.52. The van der Waals surface area contributed by atoms with Crippen molar-refractivity contribution in [2.75, 3.05) is 26.3 Å². The van der Waals surface area contributed by atoms with E-state index in [1.54, 1.807) is 0 Å². The first kappa shape index (κ1) is 12.3. The Morgan fingerprint density at radius 3 is 2.50 bits per heavy atom. The van der Waals surface area contributed by atoms with Crippen LogP contribution < -0.4 is 0 Å². The van der Waals surface area contributed by atoms with Crippen LogP contribution in [0.4, 0.5) is 4.39 Å². The third kappa shape index (κ3) is 2.58. The van der Waals surface area contributed by atoms with Crippen LogP contribution >= 0.6 is 0 Å². The lowest BCUT2D eigenvalue weighted by atomic mass is 9.67. The maximum atomic E-state index is 13.5. The van der Waals surface area contributed by atoms with Gasteiger partial charge in [-0.2, -0.15) is 0 Å². The minimum atomic E-state index is -0.106. The molecule has 0 aromatic carbocycles. The molecule has 94 valence electrons. The van der Waals surface area contributed by atoms with Crippen LogP contribution in [0.1, 0.15) is 51.9 Å². The molecule has 2 fully saturated rings. The Labute approximate surface area is 99.4 Å². The predicted molar refractivity (Wildman–Crippen MR) is 66.3 cm³/mol. The second-order valence-electron chi connectivity index (χ2n) is 5.98. The smallest absolute Gasteiger partial charge is 0.0965 e. The van der Waals surface area contributed by atoms with Crippen LogP contribution in [0.5, 0.6) is 0 Å². The summed E-state index contributed by atoms with van der Waals surface area (Å²) in [4.78, 5) is 2.52. The minimum absolute atomic E-state index is 0.00438. The average molecular weight is 227 g/mol. The highest BCUT2D eigenvalue weighted by Gasteiger charge is 2.39. The van der Waals surface area contributed by atoms with E-state index in [9.17, 15) is 4.39 Å². The minimum Gasteiger partial charge on any atom is -0.303 e. The van der Waals surface area contributed by atoms with Crippen LogP contribution in [-0.4, -0.2) is 31.2 Å². The Hall–Kier alpha value is -0.110. The van der Waals surface area contributed by atoms with Gasteiger partial charge in [0.1, 0.15) is 0 Å². The molecular weight excluding hydrogens is 201 g/mol. The van der Waals surface area contributed by atoms with Gasteiger partial charge in [-0.1, -0.05) is 32.6 Å². The third-order valence-electron chi connectivity index (χ3n) is 4.86. The van der Waals surface area contributed by atoms with Gasteiger partial charge >= 0.3 is 0 Å². The second-order valence-corrected chi connectivity index (χ2v) is 5.98. The number of halogens is 1. The maximum Gasteiger partial charge on any atom is 0.0965 e. The van der Waals surface area contributed by atoms with E-state index in [1.165, 1.54) is 51.6 Å². The molecule has 2 rings (SSSR count). The molecule has 2 aliphatic rings. The van der Waals surface area contributed by atoms with Gasteiger partial charge in [-0.3, -0.25) is 4.39 Å². The molecule has 1 aliphatic carbocycles. The lowest BCUT2D eigenvalue weighted by molar-refractivity contribution is 0.0220. The van der Waals surface area contributed by atoms with E-state index in [1.807, 2.05) is 0 Å². The molecule has 1 saturated heterocycles. The summed E-state index contributed by atoms with van der Waals surface area (Å²) in [5.74, 6) is 0.577. The predicted octanol–water partition coefficient (Wildman–Crippen LogP) is 3.64. The molecule has 1 heterocycles. The van der Waals surface area contributed by atoms with Crippen LogP contribution in [0, 0.1) is 11.3 Å². The normalized spacial score (nSPS) is 37.5. The lowest BCUT2D eigenvalue weighted by Gasteiger charge is -2.44. The van der Waals surface area contributed by atoms with E-state index in [0.29, 0.717) is 5.92 Å². The Morgan fingerprint density at radius 2 is 1.88 bits per heavy atom. The third-order valence-corrected chi connectivity index (χ3v) is 4.86. The molecule has 2 heteroatoms. The van der Waals surface area contributed by atoms with Crippen molar-refractivity contribution in [3.63, 3.8) is 0 Å². The summed E-state index contributed by atoms with van der Waals surface area (Å²) < 4.78 is 13.5. The highest BCUT2D eigenvalue weighted by atomic mass is 19.1. The van der Waals surface area contributed by atoms with Gasteiger partial charge in [-0.05, 0) is 38.3 Å². The van der Waals surface area contributed by atoms with E-state index in [-0.39, 0.29) is 12.1 Å². The molecule has 0 aromatic rings. The molecule has 1 saturated carbocycles. The molecule has 0 spiro atoms. The van der Waals surface area contributed by atoms with Gasteiger partial charge in [0.05, 0.1) is 6.67 Å². The molecule has 0 N–H and O–H groups in total. The molecule has 0 radical (unpaired) electrons. The summed E-state index contributed by atoms with van der Waals surface area (Å²) in [5, 5.41) is 0. The van der Waals surface area contributed by atoms with Crippen molar-refractivity contribution in [3.05, 3.63) is 0 Å². The fourth-order valence-corrected chi connectivity index (χ4v) is 3.52. The summed E-state index contributed by atoms with van der Waals surface area (Å²) >= 11 is 0. The first-order valence-electron chi connectivity index (χ1n) is 7.05. The van der Waals surface area contributed by atoms with Gasteiger partial charge in [0, 0.05) is 12.0 Å². The second kappa shape index (κ2) is 5.48. The number of alkyl halides is 1. The van der Waals surface area contributed by atoms with Crippen LogP contribution in [0.2, 0.25) is 0 Å². The zero-order valence-electron chi connectivity index (χ0n) is 10.7. The average Bonchev–Trinajstić information content (AvgIpc) is 2.34. The number of hydrogen-bond donors (Lipinski definition) is 0. The van der Waals surface area contributed by atoms with Crippen molar-refractivity contribution in [1.29, 1.82) is 0 Å². The summed E-state index contributed by atoms with van der Waals surface area (Å²) in [6.07, 6.45) is 8.89. The highest BCUT2D eigenvalue weighted by Crippen LogP contribution is 2.42. The molecular formula is C14H26FN. The molecule has 16 heavy (non-hydrogen) atoms. The number of nitrogens with zero attached hydrogens (tertiary/aromatic N) is 1. The van der Waals surface area contributed by atoms with Crippen molar-refractivity contribution < 1.29 is 4.39 Å². The van der Waals surface area contributed by atoms with Gasteiger partial charge in [0.25, 0.3) is 0 Å². The van der Waals surface area contributed by atoms with E-state index < -0.39 is 0 Å². The largest absolute Gasteiger partial charge is 0.303 e. The van der Waals surface area contributed by atoms with E-state index in [4.69, 9.17) is 0 Å². The SMILES string of the molecule is CC1CCCCC1(CF)CN1CCCCC1. The zero-order valence-corrected chi connectivity index (χ0v) is 10.7. The summed E-state index contributed by atoms with van der Waals surface area (Å²) in [5.41, 5.74) is -0.00438. The van der Waals surface area contributed by atoms with Gasteiger partial charge < -0.3 is 4.90 Å². The van der Waals surface area contributed by atoms with Crippen molar-refractivity contribution in [3.8, 4) is 0 Å². The van der Waals surface area contributed by atoms with E-state index in [2.05, 4.69) is 11.8 Å². The molecule has 2 unspecified atom stereocenters. The Bertz CT molecular complexity index is 213. The number of rotatable bonds is 3. The number of piperidine rings is 1.